The molecule has 1 saturated heterocycles. The molecule has 1 amide bonds. The van der Waals surface area contributed by atoms with Crippen LogP contribution >= 0.6 is 34.5 Å². The minimum absolute atomic E-state index is 0.0203. The van der Waals surface area contributed by atoms with Crippen molar-refractivity contribution >= 4 is 51.3 Å². The lowest BCUT2D eigenvalue weighted by atomic mass is 10.2. The number of carbonyl (C=O) groups excluding carboxylic acids is 1. The Morgan fingerprint density at radius 2 is 1.77 bits per heavy atom. The third-order valence-electron chi connectivity index (χ3n) is 5.12. The van der Waals surface area contributed by atoms with Crippen molar-refractivity contribution in [2.24, 2.45) is 0 Å². The quantitative estimate of drug-likeness (QED) is 0.569. The maximum absolute atomic E-state index is 12.5. The van der Waals surface area contributed by atoms with Crippen LogP contribution in [0.4, 0.5) is 10.8 Å². The summed E-state index contributed by atoms with van der Waals surface area (Å²) in [6.45, 7) is 5.65. The van der Waals surface area contributed by atoms with Gasteiger partial charge in [0.25, 0.3) is 0 Å². The molecular formula is C22H22Cl2N4OS. The van der Waals surface area contributed by atoms with Crippen LogP contribution in [0.1, 0.15) is 5.56 Å². The highest BCUT2D eigenvalue weighted by Crippen LogP contribution is 2.29. The lowest BCUT2D eigenvalue weighted by molar-refractivity contribution is -0.117. The molecule has 0 unspecified atom stereocenters. The Labute approximate surface area is 190 Å². The van der Waals surface area contributed by atoms with Crippen LogP contribution in [-0.2, 0) is 4.79 Å². The van der Waals surface area contributed by atoms with Crippen molar-refractivity contribution in [2.75, 3.05) is 42.9 Å². The number of piperazine rings is 1. The summed E-state index contributed by atoms with van der Waals surface area (Å²) in [6.07, 6.45) is 0. The highest BCUT2D eigenvalue weighted by molar-refractivity contribution is 7.14. The lowest BCUT2D eigenvalue weighted by Gasteiger charge is -2.34. The number of carbonyl (C=O) groups is 1. The van der Waals surface area contributed by atoms with Gasteiger partial charge in [-0.1, -0.05) is 41.4 Å². The van der Waals surface area contributed by atoms with E-state index < -0.39 is 0 Å². The first-order valence-electron chi connectivity index (χ1n) is 9.73. The van der Waals surface area contributed by atoms with Crippen molar-refractivity contribution in [3.8, 4) is 11.3 Å². The van der Waals surface area contributed by atoms with Gasteiger partial charge in [0.05, 0.1) is 12.2 Å². The van der Waals surface area contributed by atoms with Gasteiger partial charge in [0.1, 0.15) is 0 Å². The number of nitrogens with one attached hydrogen (secondary N) is 1. The Balaban J connectivity index is 1.30. The molecule has 0 spiro atoms. The van der Waals surface area contributed by atoms with Gasteiger partial charge < -0.3 is 10.2 Å². The van der Waals surface area contributed by atoms with Gasteiger partial charge in [-0.15, -0.1) is 11.3 Å². The summed E-state index contributed by atoms with van der Waals surface area (Å²) in [5.41, 5.74) is 3.79. The molecule has 0 aliphatic carbocycles. The molecular weight excluding hydrogens is 439 g/mol. The zero-order valence-electron chi connectivity index (χ0n) is 16.6. The number of nitrogens with zero attached hydrogens (tertiary/aromatic N) is 3. The van der Waals surface area contributed by atoms with Crippen LogP contribution in [0.3, 0.4) is 0 Å². The van der Waals surface area contributed by atoms with E-state index in [0.717, 1.165) is 58.8 Å². The molecule has 1 N–H and O–H groups in total. The van der Waals surface area contributed by atoms with E-state index in [-0.39, 0.29) is 5.91 Å². The number of hydrogen-bond donors (Lipinski definition) is 1. The van der Waals surface area contributed by atoms with E-state index in [4.69, 9.17) is 28.2 Å². The molecule has 30 heavy (non-hydrogen) atoms. The normalized spacial score (nSPS) is 14.7. The maximum Gasteiger partial charge on any atom is 0.238 e. The molecule has 0 radical (unpaired) electrons. The molecule has 3 aromatic rings. The van der Waals surface area contributed by atoms with Crippen LogP contribution in [-0.4, -0.2) is 48.5 Å². The Hall–Kier alpha value is -2.12. The van der Waals surface area contributed by atoms with Gasteiger partial charge in [0.2, 0.25) is 5.91 Å². The summed E-state index contributed by atoms with van der Waals surface area (Å²) in [7, 11) is 0. The largest absolute Gasteiger partial charge is 0.346 e. The zero-order valence-corrected chi connectivity index (χ0v) is 18.9. The Morgan fingerprint density at radius 3 is 2.50 bits per heavy atom. The second kappa shape index (κ2) is 9.35. The summed E-state index contributed by atoms with van der Waals surface area (Å²) in [5.74, 6) is -0.0203. The van der Waals surface area contributed by atoms with Crippen molar-refractivity contribution < 1.29 is 4.79 Å². The molecule has 1 aromatic heterocycles. The third kappa shape index (κ3) is 5.13. The lowest BCUT2D eigenvalue weighted by Crippen LogP contribution is -2.48. The third-order valence-corrected chi connectivity index (χ3v) is 6.50. The molecule has 0 bridgehead atoms. The van der Waals surface area contributed by atoms with E-state index in [9.17, 15) is 4.79 Å². The van der Waals surface area contributed by atoms with Crippen molar-refractivity contribution in [3.05, 3.63) is 63.5 Å². The van der Waals surface area contributed by atoms with Gasteiger partial charge in [0, 0.05) is 52.9 Å². The fraction of sp³-hybridized carbons (Fsp3) is 0.273. The van der Waals surface area contributed by atoms with Gasteiger partial charge in [-0.2, -0.15) is 0 Å². The molecule has 0 saturated carbocycles. The summed E-state index contributed by atoms with van der Waals surface area (Å²) in [6, 6.07) is 13.2. The molecule has 8 heteroatoms. The predicted octanol–water partition coefficient (Wildman–Crippen LogP) is 5.19. The number of rotatable bonds is 5. The molecule has 4 rings (SSSR count). The van der Waals surface area contributed by atoms with E-state index in [2.05, 4.69) is 20.5 Å². The number of amides is 1. The number of halogens is 2. The van der Waals surface area contributed by atoms with Crippen LogP contribution in [0.5, 0.6) is 0 Å². The molecule has 156 valence electrons. The first kappa shape index (κ1) is 21.1. The summed E-state index contributed by atoms with van der Waals surface area (Å²) in [5, 5.41) is 7.39. The first-order valence-corrected chi connectivity index (χ1v) is 11.4. The molecule has 1 aliphatic rings. The SMILES string of the molecule is Cc1ccc(Cl)cc1NC(=O)CN1CCN(c2nc(-c3ccc(Cl)cc3)cs2)CC1. The zero-order chi connectivity index (χ0) is 21.1. The molecule has 1 fully saturated rings. The Morgan fingerprint density at radius 1 is 1.07 bits per heavy atom. The van der Waals surface area contributed by atoms with Crippen molar-refractivity contribution in [1.29, 1.82) is 0 Å². The summed E-state index contributed by atoms with van der Waals surface area (Å²) in [4.78, 5) is 21.7. The monoisotopic (exact) mass is 460 g/mol. The smallest absolute Gasteiger partial charge is 0.238 e. The van der Waals surface area contributed by atoms with Crippen LogP contribution < -0.4 is 10.2 Å². The second-order valence-electron chi connectivity index (χ2n) is 7.29. The number of aryl methyl sites for hydroxylation is 1. The molecule has 2 heterocycles. The van der Waals surface area contributed by atoms with E-state index in [1.54, 1.807) is 17.4 Å². The number of aromatic nitrogens is 1. The topological polar surface area (TPSA) is 48.5 Å². The van der Waals surface area contributed by atoms with Crippen LogP contribution in [0.2, 0.25) is 10.0 Å². The van der Waals surface area contributed by atoms with Crippen LogP contribution in [0.25, 0.3) is 11.3 Å². The second-order valence-corrected chi connectivity index (χ2v) is 9.00. The van der Waals surface area contributed by atoms with Gasteiger partial charge in [-0.25, -0.2) is 4.98 Å². The van der Waals surface area contributed by atoms with E-state index in [1.165, 1.54) is 0 Å². The predicted molar refractivity (Wildman–Crippen MR) is 126 cm³/mol. The van der Waals surface area contributed by atoms with E-state index >= 15 is 0 Å². The molecule has 2 aromatic carbocycles. The molecule has 1 aliphatic heterocycles. The van der Waals surface area contributed by atoms with Gasteiger partial charge in [-0.3, -0.25) is 9.69 Å². The van der Waals surface area contributed by atoms with Crippen molar-refractivity contribution in [3.63, 3.8) is 0 Å². The number of anilines is 2. The van der Waals surface area contributed by atoms with Crippen LogP contribution in [0.15, 0.2) is 47.8 Å². The first-order chi connectivity index (χ1) is 14.5. The minimum atomic E-state index is -0.0203. The van der Waals surface area contributed by atoms with Crippen LogP contribution in [0, 0.1) is 6.92 Å². The van der Waals surface area contributed by atoms with E-state index in [1.807, 2.05) is 43.3 Å². The van der Waals surface area contributed by atoms with Gasteiger partial charge >= 0.3 is 0 Å². The van der Waals surface area contributed by atoms with E-state index in [0.29, 0.717) is 11.6 Å². The fourth-order valence-corrected chi connectivity index (χ4v) is 4.57. The highest BCUT2D eigenvalue weighted by Gasteiger charge is 2.21. The average Bonchev–Trinajstić information content (AvgIpc) is 3.22. The maximum atomic E-state index is 12.5. The van der Waals surface area contributed by atoms with Crippen molar-refractivity contribution in [1.82, 2.24) is 9.88 Å². The molecule has 0 atom stereocenters. The minimum Gasteiger partial charge on any atom is -0.346 e. The summed E-state index contributed by atoms with van der Waals surface area (Å²) >= 11 is 13.7. The van der Waals surface area contributed by atoms with Crippen molar-refractivity contribution in [2.45, 2.75) is 6.92 Å². The Bertz CT molecular complexity index is 1030. The average molecular weight is 461 g/mol. The standard InChI is InChI=1S/C22H22Cl2N4OS/c1-15-2-5-18(24)12-19(15)25-21(29)13-27-8-10-28(11-9-27)22-26-20(14-30-22)16-3-6-17(23)7-4-16/h2-7,12,14H,8-11,13H2,1H3,(H,25,29). The van der Waals surface area contributed by atoms with Gasteiger partial charge in [-0.05, 0) is 36.8 Å². The Kier molecular flexibility index (Phi) is 6.58. The van der Waals surface area contributed by atoms with Gasteiger partial charge in [0.15, 0.2) is 5.13 Å². The number of hydrogen-bond acceptors (Lipinski definition) is 5. The molecule has 5 nitrogen and oxygen atoms in total. The fourth-order valence-electron chi connectivity index (χ4n) is 3.38. The number of benzene rings is 2. The highest BCUT2D eigenvalue weighted by atomic mass is 35.5. The number of thiazole rings is 1. The summed E-state index contributed by atoms with van der Waals surface area (Å²) < 4.78 is 0.